The summed E-state index contributed by atoms with van der Waals surface area (Å²) in [4.78, 5) is 15.5. The fourth-order valence-corrected chi connectivity index (χ4v) is 2.94. The molecule has 2 rings (SSSR count). The van der Waals surface area contributed by atoms with Gasteiger partial charge in [-0.3, -0.25) is 0 Å². The van der Waals surface area contributed by atoms with Crippen molar-refractivity contribution in [2.75, 3.05) is 0 Å². The molecule has 0 aliphatic carbocycles. The molecule has 1 heterocycles. The van der Waals surface area contributed by atoms with E-state index >= 15 is 0 Å². The van der Waals surface area contributed by atoms with Crippen molar-refractivity contribution in [2.24, 2.45) is 0 Å². The smallest absolute Gasteiger partial charge is 0.336 e. The molecule has 0 spiro atoms. The van der Waals surface area contributed by atoms with E-state index in [0.717, 1.165) is 22.3 Å². The average molecular weight is 291 g/mol. The van der Waals surface area contributed by atoms with Crippen LogP contribution in [0.5, 0.6) is 0 Å². The Balaban J connectivity index is 2.20. The first-order valence-corrected chi connectivity index (χ1v) is 7.04. The number of nitrogens with zero attached hydrogens (tertiary/aromatic N) is 1. The highest BCUT2D eigenvalue weighted by Gasteiger charge is 2.12. The van der Waals surface area contributed by atoms with Gasteiger partial charge in [0.1, 0.15) is 5.82 Å². The van der Waals surface area contributed by atoms with Gasteiger partial charge in [0.15, 0.2) is 0 Å². The molecule has 0 atom stereocenters. The highest BCUT2D eigenvalue weighted by atomic mass is 32.2. The summed E-state index contributed by atoms with van der Waals surface area (Å²) in [5, 5.41) is 9.92. The van der Waals surface area contributed by atoms with Gasteiger partial charge in [-0.25, -0.2) is 14.2 Å². The van der Waals surface area contributed by atoms with Crippen molar-refractivity contribution in [1.29, 1.82) is 0 Å². The van der Waals surface area contributed by atoms with E-state index in [9.17, 15) is 9.18 Å². The molecule has 0 radical (unpaired) electrons. The SMILES string of the molecule is Cc1cc(C)nc(SCc2ccc(F)cc2C(=O)O)c1. The van der Waals surface area contributed by atoms with Crippen LogP contribution in [-0.4, -0.2) is 16.1 Å². The maximum absolute atomic E-state index is 13.1. The van der Waals surface area contributed by atoms with Gasteiger partial charge in [-0.15, -0.1) is 11.8 Å². The molecule has 0 saturated carbocycles. The van der Waals surface area contributed by atoms with Crippen molar-refractivity contribution in [3.05, 3.63) is 58.5 Å². The van der Waals surface area contributed by atoms with Gasteiger partial charge in [-0.2, -0.15) is 0 Å². The monoisotopic (exact) mass is 291 g/mol. The first kappa shape index (κ1) is 14.5. The van der Waals surface area contributed by atoms with Gasteiger partial charge in [0.05, 0.1) is 10.6 Å². The van der Waals surface area contributed by atoms with Crippen LogP contribution in [0.4, 0.5) is 4.39 Å². The van der Waals surface area contributed by atoms with E-state index in [1.807, 2.05) is 26.0 Å². The van der Waals surface area contributed by atoms with Crippen LogP contribution in [-0.2, 0) is 5.75 Å². The maximum Gasteiger partial charge on any atom is 0.336 e. The average Bonchev–Trinajstić information content (AvgIpc) is 2.36. The highest BCUT2D eigenvalue weighted by Crippen LogP contribution is 2.24. The van der Waals surface area contributed by atoms with Gasteiger partial charge in [-0.1, -0.05) is 6.07 Å². The Hall–Kier alpha value is -1.88. The number of thioether (sulfide) groups is 1. The number of hydrogen-bond acceptors (Lipinski definition) is 3. The lowest BCUT2D eigenvalue weighted by molar-refractivity contribution is 0.0695. The minimum atomic E-state index is -1.12. The van der Waals surface area contributed by atoms with Gasteiger partial charge in [0.2, 0.25) is 0 Å². The molecule has 0 saturated heterocycles. The molecular formula is C15H14FNO2S. The molecule has 1 N–H and O–H groups in total. The molecule has 1 aromatic heterocycles. The minimum absolute atomic E-state index is 0.00174. The Bertz CT molecular complexity index is 638. The van der Waals surface area contributed by atoms with E-state index in [2.05, 4.69) is 4.98 Å². The maximum atomic E-state index is 13.1. The molecule has 0 aliphatic rings. The van der Waals surface area contributed by atoms with Crippen molar-refractivity contribution in [2.45, 2.75) is 24.6 Å². The Labute approximate surface area is 120 Å². The summed E-state index contributed by atoms with van der Waals surface area (Å²) in [6, 6.07) is 7.76. The minimum Gasteiger partial charge on any atom is -0.478 e. The number of halogens is 1. The number of aromatic nitrogens is 1. The van der Waals surface area contributed by atoms with Crippen LogP contribution >= 0.6 is 11.8 Å². The van der Waals surface area contributed by atoms with Gasteiger partial charge in [0, 0.05) is 11.4 Å². The Kier molecular flexibility index (Phi) is 4.39. The van der Waals surface area contributed by atoms with Gasteiger partial charge < -0.3 is 5.11 Å². The molecule has 2 aromatic rings. The molecule has 5 heteroatoms. The Morgan fingerprint density at radius 2 is 2.05 bits per heavy atom. The second-order valence-electron chi connectivity index (χ2n) is 4.52. The normalized spacial score (nSPS) is 10.6. The molecule has 104 valence electrons. The predicted octanol–water partition coefficient (Wildman–Crippen LogP) is 3.83. The van der Waals surface area contributed by atoms with E-state index < -0.39 is 11.8 Å². The number of hydrogen-bond donors (Lipinski definition) is 1. The van der Waals surface area contributed by atoms with Crippen LogP contribution in [0.1, 0.15) is 27.2 Å². The number of aryl methyl sites for hydroxylation is 2. The van der Waals surface area contributed by atoms with E-state index in [4.69, 9.17) is 5.11 Å². The van der Waals surface area contributed by atoms with Crippen LogP contribution in [0.3, 0.4) is 0 Å². The molecule has 1 aromatic carbocycles. The summed E-state index contributed by atoms with van der Waals surface area (Å²) < 4.78 is 13.1. The Morgan fingerprint density at radius 1 is 1.30 bits per heavy atom. The fourth-order valence-electron chi connectivity index (χ4n) is 1.90. The number of aromatic carboxylic acids is 1. The van der Waals surface area contributed by atoms with Gasteiger partial charge in [0.25, 0.3) is 0 Å². The number of carbonyl (C=O) groups is 1. The predicted molar refractivity (Wildman–Crippen MR) is 76.6 cm³/mol. The molecule has 20 heavy (non-hydrogen) atoms. The summed E-state index contributed by atoms with van der Waals surface area (Å²) in [6.45, 7) is 3.90. The summed E-state index contributed by atoms with van der Waals surface area (Å²) >= 11 is 1.44. The molecule has 0 unspecified atom stereocenters. The molecule has 0 amide bonds. The van der Waals surface area contributed by atoms with Crippen LogP contribution in [0.15, 0.2) is 35.4 Å². The first-order valence-electron chi connectivity index (χ1n) is 6.05. The largest absolute Gasteiger partial charge is 0.478 e. The third-order valence-electron chi connectivity index (χ3n) is 2.75. The lowest BCUT2D eigenvalue weighted by Gasteiger charge is -2.07. The quantitative estimate of drug-likeness (QED) is 0.870. The van der Waals surface area contributed by atoms with Crippen molar-refractivity contribution in [1.82, 2.24) is 4.98 Å². The zero-order valence-electron chi connectivity index (χ0n) is 11.2. The number of carboxylic acids is 1. The van der Waals surface area contributed by atoms with Crippen LogP contribution in [0, 0.1) is 19.7 Å². The van der Waals surface area contributed by atoms with Crippen molar-refractivity contribution in [3.8, 4) is 0 Å². The summed E-state index contributed by atoms with van der Waals surface area (Å²) in [5.74, 6) is -1.22. The summed E-state index contributed by atoms with van der Waals surface area (Å²) in [6.07, 6.45) is 0. The molecule has 0 bridgehead atoms. The molecule has 0 aliphatic heterocycles. The topological polar surface area (TPSA) is 50.2 Å². The third kappa shape index (κ3) is 3.57. The van der Waals surface area contributed by atoms with Gasteiger partial charge >= 0.3 is 5.97 Å². The molecule has 3 nitrogen and oxygen atoms in total. The molecule has 0 fully saturated rings. The standard InChI is InChI=1S/C15H14FNO2S/c1-9-5-10(2)17-14(6-9)20-8-11-3-4-12(16)7-13(11)15(18)19/h3-7H,8H2,1-2H3,(H,18,19). The van der Waals surface area contributed by atoms with Crippen LogP contribution in [0.25, 0.3) is 0 Å². The summed E-state index contributed by atoms with van der Waals surface area (Å²) in [5.41, 5.74) is 2.62. The van der Waals surface area contributed by atoms with Crippen molar-refractivity contribution >= 4 is 17.7 Å². The van der Waals surface area contributed by atoms with Crippen LogP contribution in [0.2, 0.25) is 0 Å². The zero-order valence-corrected chi connectivity index (χ0v) is 12.0. The number of rotatable bonds is 4. The Morgan fingerprint density at radius 3 is 2.70 bits per heavy atom. The fraction of sp³-hybridized carbons (Fsp3) is 0.200. The number of carboxylic acid groups (broad SMARTS) is 1. The second kappa shape index (κ2) is 6.05. The van der Waals surface area contributed by atoms with Gasteiger partial charge in [-0.05, 0) is 49.2 Å². The van der Waals surface area contributed by atoms with E-state index in [-0.39, 0.29) is 5.56 Å². The van der Waals surface area contributed by atoms with E-state index in [1.54, 1.807) is 0 Å². The summed E-state index contributed by atoms with van der Waals surface area (Å²) in [7, 11) is 0. The lowest BCUT2D eigenvalue weighted by atomic mass is 10.1. The number of benzene rings is 1. The van der Waals surface area contributed by atoms with E-state index in [1.165, 1.54) is 23.9 Å². The van der Waals surface area contributed by atoms with Crippen LogP contribution < -0.4 is 0 Å². The highest BCUT2D eigenvalue weighted by molar-refractivity contribution is 7.98. The lowest BCUT2D eigenvalue weighted by Crippen LogP contribution is -2.02. The molecular weight excluding hydrogens is 277 g/mol. The van der Waals surface area contributed by atoms with Crippen molar-refractivity contribution < 1.29 is 14.3 Å². The van der Waals surface area contributed by atoms with E-state index in [0.29, 0.717) is 11.3 Å². The third-order valence-corrected chi connectivity index (χ3v) is 3.71. The van der Waals surface area contributed by atoms with Crippen molar-refractivity contribution in [3.63, 3.8) is 0 Å². The second-order valence-corrected chi connectivity index (χ2v) is 5.52. The first-order chi connectivity index (χ1) is 9.45. The zero-order chi connectivity index (χ0) is 14.7. The number of pyridine rings is 1.